The van der Waals surface area contributed by atoms with Gasteiger partial charge >= 0.3 is 0 Å². The Kier molecular flexibility index (Phi) is 3.02. The van der Waals surface area contributed by atoms with Gasteiger partial charge in [0.2, 0.25) is 0 Å². The third-order valence-corrected chi connectivity index (χ3v) is 3.39. The highest BCUT2D eigenvalue weighted by Crippen LogP contribution is 2.26. The van der Waals surface area contributed by atoms with Gasteiger partial charge in [-0.3, -0.25) is 14.5 Å². The summed E-state index contributed by atoms with van der Waals surface area (Å²) in [6, 6.07) is 14.2. The lowest BCUT2D eigenvalue weighted by Crippen LogP contribution is -2.24. The molecule has 21 heavy (non-hydrogen) atoms. The summed E-state index contributed by atoms with van der Waals surface area (Å²) in [5, 5.41) is 0. The summed E-state index contributed by atoms with van der Waals surface area (Å²) in [6.07, 6.45) is 0. The van der Waals surface area contributed by atoms with Gasteiger partial charge in [-0.2, -0.15) is 0 Å². The fourth-order valence-electron chi connectivity index (χ4n) is 2.23. The molecule has 0 radical (unpaired) electrons. The highest BCUT2D eigenvalue weighted by atomic mass is 16.2. The number of amidine groups is 1. The number of rotatable bonds is 2. The minimum atomic E-state index is -0.315. The van der Waals surface area contributed by atoms with Crippen LogP contribution >= 0.6 is 0 Å². The summed E-state index contributed by atoms with van der Waals surface area (Å²) in [5.41, 5.74) is 8.07. The predicted molar refractivity (Wildman–Crippen MR) is 79.7 cm³/mol. The monoisotopic (exact) mass is 279 g/mol. The first kappa shape index (κ1) is 13.1. The van der Waals surface area contributed by atoms with Crippen LogP contribution in [0.4, 0.5) is 5.69 Å². The van der Waals surface area contributed by atoms with Crippen LogP contribution in [0.3, 0.4) is 0 Å². The molecule has 0 atom stereocenters. The zero-order valence-electron chi connectivity index (χ0n) is 11.4. The normalized spacial score (nSPS) is 14.5. The van der Waals surface area contributed by atoms with Gasteiger partial charge in [-0.05, 0) is 18.2 Å². The molecule has 0 fully saturated rings. The van der Waals surface area contributed by atoms with Crippen LogP contribution in [0.2, 0.25) is 0 Å². The van der Waals surface area contributed by atoms with Crippen LogP contribution in [0.1, 0.15) is 26.3 Å². The van der Waals surface area contributed by atoms with E-state index in [9.17, 15) is 9.59 Å². The van der Waals surface area contributed by atoms with E-state index in [-0.39, 0.29) is 11.8 Å². The van der Waals surface area contributed by atoms with Crippen molar-refractivity contribution >= 4 is 23.3 Å². The molecule has 2 N–H and O–H groups in total. The van der Waals surface area contributed by atoms with Gasteiger partial charge in [0.05, 0.1) is 16.8 Å². The second-order valence-corrected chi connectivity index (χ2v) is 4.76. The number of nitrogens with two attached hydrogens (primary N) is 1. The number of hydrogen-bond donors (Lipinski definition) is 1. The summed E-state index contributed by atoms with van der Waals surface area (Å²) in [6.45, 7) is 0. The van der Waals surface area contributed by atoms with E-state index in [1.54, 1.807) is 18.2 Å². The molecule has 0 saturated carbocycles. The maximum Gasteiger partial charge on any atom is 0.261 e. The summed E-state index contributed by atoms with van der Waals surface area (Å²) >= 11 is 0. The van der Waals surface area contributed by atoms with Crippen LogP contribution in [0.15, 0.2) is 53.5 Å². The molecular formula is C16H13N3O2. The van der Waals surface area contributed by atoms with Crippen LogP contribution in [0.25, 0.3) is 0 Å². The van der Waals surface area contributed by atoms with Gasteiger partial charge in [0.15, 0.2) is 0 Å². The molecule has 1 heterocycles. The number of carbonyl (C=O) groups is 2. The number of nitrogens with zero attached hydrogens (tertiary/aromatic N) is 2. The van der Waals surface area contributed by atoms with Crippen LogP contribution < -0.4 is 5.73 Å². The van der Waals surface area contributed by atoms with Crippen LogP contribution in [-0.4, -0.2) is 29.6 Å². The molecule has 0 aromatic heterocycles. The van der Waals surface area contributed by atoms with E-state index in [1.807, 2.05) is 30.3 Å². The average molecular weight is 279 g/mol. The first-order valence-corrected chi connectivity index (χ1v) is 6.44. The van der Waals surface area contributed by atoms with E-state index in [4.69, 9.17) is 5.73 Å². The molecule has 5 heteroatoms. The number of aliphatic imine (C=N–C) groups is 1. The van der Waals surface area contributed by atoms with Gasteiger partial charge in [0.1, 0.15) is 5.84 Å². The number of carbonyl (C=O) groups excluding carboxylic acids is 2. The highest BCUT2D eigenvalue weighted by molar-refractivity contribution is 6.21. The lowest BCUT2D eigenvalue weighted by molar-refractivity contribution is 0.0693. The van der Waals surface area contributed by atoms with E-state index in [0.29, 0.717) is 22.6 Å². The standard InChI is InChI=1S/C16H13N3O2/c1-19-15(20)12-8-7-11(9-13(12)16(19)21)18-14(17)10-5-3-2-4-6-10/h2-9H,1H3,(H2,17,18). The quantitative estimate of drug-likeness (QED) is 0.518. The number of benzene rings is 2. The number of fused-ring (bicyclic) bond motifs is 1. The Bertz CT molecular complexity index is 766. The van der Waals surface area contributed by atoms with Crippen molar-refractivity contribution in [2.24, 2.45) is 10.7 Å². The van der Waals surface area contributed by atoms with Crippen molar-refractivity contribution in [2.45, 2.75) is 0 Å². The number of amides is 2. The molecule has 2 aromatic carbocycles. The molecule has 1 aliphatic heterocycles. The fourth-order valence-corrected chi connectivity index (χ4v) is 2.23. The Labute approximate surface area is 121 Å². The van der Waals surface area contributed by atoms with Crippen molar-refractivity contribution < 1.29 is 9.59 Å². The van der Waals surface area contributed by atoms with Crippen LogP contribution in [-0.2, 0) is 0 Å². The van der Waals surface area contributed by atoms with Crippen molar-refractivity contribution in [1.29, 1.82) is 0 Å². The Morgan fingerprint density at radius 3 is 2.38 bits per heavy atom. The van der Waals surface area contributed by atoms with Crippen molar-refractivity contribution in [1.82, 2.24) is 4.90 Å². The van der Waals surface area contributed by atoms with Gasteiger partial charge in [-0.1, -0.05) is 30.3 Å². The lowest BCUT2D eigenvalue weighted by atomic mass is 10.1. The Morgan fingerprint density at radius 1 is 1.00 bits per heavy atom. The summed E-state index contributed by atoms with van der Waals surface area (Å²) in [4.78, 5) is 29.1. The summed E-state index contributed by atoms with van der Waals surface area (Å²) in [7, 11) is 1.46. The van der Waals surface area contributed by atoms with Crippen molar-refractivity contribution in [2.75, 3.05) is 7.05 Å². The van der Waals surface area contributed by atoms with E-state index < -0.39 is 0 Å². The van der Waals surface area contributed by atoms with E-state index in [1.165, 1.54) is 7.05 Å². The molecule has 1 aliphatic rings. The lowest BCUT2D eigenvalue weighted by Gasteiger charge is -2.02. The Morgan fingerprint density at radius 2 is 1.67 bits per heavy atom. The van der Waals surface area contributed by atoms with Crippen molar-refractivity contribution in [3.8, 4) is 0 Å². The largest absolute Gasteiger partial charge is 0.383 e. The SMILES string of the molecule is CN1C(=O)c2ccc(N=C(N)c3ccccc3)cc2C1=O. The first-order valence-electron chi connectivity index (χ1n) is 6.44. The molecular weight excluding hydrogens is 266 g/mol. The van der Waals surface area contributed by atoms with Gasteiger partial charge in [0.25, 0.3) is 11.8 Å². The van der Waals surface area contributed by atoms with Gasteiger partial charge < -0.3 is 5.73 Å². The zero-order chi connectivity index (χ0) is 15.0. The van der Waals surface area contributed by atoms with Crippen molar-refractivity contribution in [3.63, 3.8) is 0 Å². The van der Waals surface area contributed by atoms with E-state index in [0.717, 1.165) is 10.5 Å². The maximum absolute atomic E-state index is 11.9. The molecule has 2 aromatic rings. The minimum Gasteiger partial charge on any atom is -0.383 e. The maximum atomic E-state index is 11.9. The third-order valence-electron chi connectivity index (χ3n) is 3.39. The van der Waals surface area contributed by atoms with Gasteiger partial charge in [0, 0.05) is 12.6 Å². The van der Waals surface area contributed by atoms with Crippen molar-refractivity contribution in [3.05, 3.63) is 65.2 Å². The van der Waals surface area contributed by atoms with Crippen LogP contribution in [0, 0.1) is 0 Å². The van der Waals surface area contributed by atoms with Crippen LogP contribution in [0.5, 0.6) is 0 Å². The second kappa shape index (κ2) is 4.86. The molecule has 0 saturated heterocycles. The van der Waals surface area contributed by atoms with Gasteiger partial charge in [-0.25, -0.2) is 4.99 Å². The fraction of sp³-hybridized carbons (Fsp3) is 0.0625. The molecule has 0 unspecified atom stereocenters. The molecule has 104 valence electrons. The average Bonchev–Trinajstić information content (AvgIpc) is 2.73. The second-order valence-electron chi connectivity index (χ2n) is 4.76. The first-order chi connectivity index (χ1) is 10.1. The minimum absolute atomic E-state index is 0.290. The number of hydrogen-bond acceptors (Lipinski definition) is 3. The molecule has 0 aliphatic carbocycles. The van der Waals surface area contributed by atoms with Gasteiger partial charge in [-0.15, -0.1) is 0 Å². The molecule has 3 rings (SSSR count). The highest BCUT2D eigenvalue weighted by Gasteiger charge is 2.32. The molecule has 5 nitrogen and oxygen atoms in total. The van der Waals surface area contributed by atoms with E-state index >= 15 is 0 Å². The molecule has 2 amide bonds. The number of imide groups is 1. The topological polar surface area (TPSA) is 75.8 Å². The molecule has 0 spiro atoms. The zero-order valence-corrected chi connectivity index (χ0v) is 11.4. The van der Waals surface area contributed by atoms with E-state index in [2.05, 4.69) is 4.99 Å². The summed E-state index contributed by atoms with van der Waals surface area (Å²) < 4.78 is 0. The molecule has 0 bridgehead atoms. The smallest absolute Gasteiger partial charge is 0.261 e. The predicted octanol–water partition coefficient (Wildman–Crippen LogP) is 1.95. The Balaban J connectivity index is 2.00. The summed E-state index contributed by atoms with van der Waals surface area (Å²) in [5.74, 6) is -0.243. The third kappa shape index (κ3) is 2.18. The Hall–Kier alpha value is -2.95.